The van der Waals surface area contributed by atoms with E-state index in [1.54, 1.807) is 0 Å². The van der Waals surface area contributed by atoms with Crippen molar-refractivity contribution >= 4 is 10.0 Å². The number of hydrogen-bond donors (Lipinski definition) is 2. The van der Waals surface area contributed by atoms with E-state index in [1.165, 1.54) is 0 Å². The van der Waals surface area contributed by atoms with Gasteiger partial charge in [-0.25, -0.2) is 8.42 Å². The number of sulfonamides is 1. The minimum Gasteiger partial charge on any atom is -0.406 e. The Morgan fingerprint density at radius 2 is 1.73 bits per heavy atom. The Labute approximate surface area is 124 Å². The molecule has 1 aliphatic rings. The first-order valence-electron chi connectivity index (χ1n) is 6.32. The summed E-state index contributed by atoms with van der Waals surface area (Å²) >= 11 is 0. The lowest BCUT2D eigenvalue weighted by Crippen LogP contribution is -2.48. The Morgan fingerprint density at radius 1 is 1.14 bits per heavy atom. The molecule has 22 heavy (non-hydrogen) atoms. The molecule has 2 atom stereocenters. The third-order valence-corrected chi connectivity index (χ3v) is 5.08. The SMILES string of the molecule is O=S(=O)(c1ccc(OC(F)(F)F)cc1)N1CC[C@@H](O)[C@@H](O)C1. The summed E-state index contributed by atoms with van der Waals surface area (Å²) in [4.78, 5) is -0.217. The summed E-state index contributed by atoms with van der Waals surface area (Å²) in [7, 11) is -3.95. The van der Waals surface area contributed by atoms with Gasteiger partial charge in [-0.15, -0.1) is 13.2 Å². The first kappa shape index (κ1) is 17.0. The zero-order chi connectivity index (χ0) is 16.5. The normalized spacial score (nSPS) is 24.2. The molecule has 1 fully saturated rings. The summed E-state index contributed by atoms with van der Waals surface area (Å²) in [5, 5.41) is 18.9. The summed E-state index contributed by atoms with van der Waals surface area (Å²) in [5.41, 5.74) is 0. The summed E-state index contributed by atoms with van der Waals surface area (Å²) in [6, 6.07) is 3.78. The predicted octanol–water partition coefficient (Wildman–Crippen LogP) is 0.701. The van der Waals surface area contributed by atoms with E-state index in [2.05, 4.69) is 4.74 Å². The van der Waals surface area contributed by atoms with Crippen molar-refractivity contribution in [3.8, 4) is 5.75 Å². The molecule has 2 N–H and O–H groups in total. The number of aliphatic hydroxyl groups is 2. The van der Waals surface area contributed by atoms with E-state index in [9.17, 15) is 31.8 Å². The van der Waals surface area contributed by atoms with E-state index in [0.717, 1.165) is 28.6 Å². The number of halogens is 3. The van der Waals surface area contributed by atoms with Crippen molar-refractivity contribution in [3.63, 3.8) is 0 Å². The molecule has 0 saturated carbocycles. The topological polar surface area (TPSA) is 87.1 Å². The number of rotatable bonds is 3. The van der Waals surface area contributed by atoms with Crippen molar-refractivity contribution < 1.29 is 36.5 Å². The van der Waals surface area contributed by atoms with Gasteiger partial charge in [0.2, 0.25) is 10.0 Å². The number of nitrogens with zero attached hydrogens (tertiary/aromatic N) is 1. The Morgan fingerprint density at radius 3 is 2.23 bits per heavy atom. The molecule has 124 valence electrons. The van der Waals surface area contributed by atoms with Gasteiger partial charge in [-0.2, -0.15) is 4.31 Å². The Kier molecular flexibility index (Phi) is 4.66. The van der Waals surface area contributed by atoms with Crippen molar-refractivity contribution in [1.82, 2.24) is 4.31 Å². The molecule has 0 spiro atoms. The minimum absolute atomic E-state index is 0.0152. The fourth-order valence-electron chi connectivity index (χ4n) is 2.07. The first-order chi connectivity index (χ1) is 10.1. The second kappa shape index (κ2) is 6.03. The lowest BCUT2D eigenvalue weighted by Gasteiger charge is -2.32. The van der Waals surface area contributed by atoms with E-state index >= 15 is 0 Å². The maximum Gasteiger partial charge on any atom is 0.573 e. The summed E-state index contributed by atoms with van der Waals surface area (Å²) in [6.45, 7) is -0.258. The van der Waals surface area contributed by atoms with Gasteiger partial charge in [0.25, 0.3) is 0 Å². The molecule has 1 aromatic rings. The Bertz CT molecular complexity index is 617. The van der Waals surface area contributed by atoms with Crippen LogP contribution in [0.25, 0.3) is 0 Å². The molecule has 1 saturated heterocycles. The standard InChI is InChI=1S/C12H14F3NO5S/c13-12(14,15)21-8-1-3-9(4-2-8)22(19,20)16-6-5-10(17)11(18)7-16/h1-4,10-11,17-18H,5-7H2/t10-,11+/m1/s1. The number of hydrogen-bond acceptors (Lipinski definition) is 5. The van der Waals surface area contributed by atoms with Gasteiger partial charge < -0.3 is 14.9 Å². The van der Waals surface area contributed by atoms with Gasteiger partial charge in [-0.3, -0.25) is 0 Å². The average molecular weight is 341 g/mol. The fraction of sp³-hybridized carbons (Fsp3) is 0.500. The van der Waals surface area contributed by atoms with Gasteiger partial charge in [0.1, 0.15) is 5.75 Å². The number of ether oxygens (including phenoxy) is 1. The second-order valence-corrected chi connectivity index (χ2v) is 6.74. The summed E-state index contributed by atoms with van der Waals surface area (Å²) < 4.78 is 65.4. The van der Waals surface area contributed by atoms with E-state index < -0.39 is 34.3 Å². The van der Waals surface area contributed by atoms with Crippen LogP contribution in [0.5, 0.6) is 5.75 Å². The molecule has 0 radical (unpaired) electrons. The number of piperidine rings is 1. The van der Waals surface area contributed by atoms with Crippen LogP contribution in [0.15, 0.2) is 29.2 Å². The third-order valence-electron chi connectivity index (χ3n) is 3.20. The van der Waals surface area contributed by atoms with Crippen molar-refractivity contribution in [3.05, 3.63) is 24.3 Å². The van der Waals surface area contributed by atoms with Crippen LogP contribution in [0.4, 0.5) is 13.2 Å². The predicted molar refractivity (Wildman–Crippen MR) is 68.5 cm³/mol. The smallest absolute Gasteiger partial charge is 0.406 e. The highest BCUT2D eigenvalue weighted by atomic mass is 32.2. The molecule has 0 bridgehead atoms. The lowest BCUT2D eigenvalue weighted by atomic mass is 10.1. The van der Waals surface area contributed by atoms with Crippen LogP contribution in [0.1, 0.15) is 6.42 Å². The molecule has 0 amide bonds. The lowest BCUT2D eigenvalue weighted by molar-refractivity contribution is -0.274. The molecule has 0 aromatic heterocycles. The van der Waals surface area contributed by atoms with E-state index in [1.807, 2.05) is 0 Å². The highest BCUT2D eigenvalue weighted by Crippen LogP contribution is 2.26. The number of alkyl halides is 3. The maximum atomic E-state index is 12.3. The highest BCUT2D eigenvalue weighted by Gasteiger charge is 2.34. The zero-order valence-corrected chi connectivity index (χ0v) is 12.0. The van der Waals surface area contributed by atoms with Gasteiger partial charge in [0.15, 0.2) is 0 Å². The highest BCUT2D eigenvalue weighted by molar-refractivity contribution is 7.89. The van der Waals surface area contributed by atoms with Gasteiger partial charge in [-0.05, 0) is 30.7 Å². The average Bonchev–Trinajstić information content (AvgIpc) is 2.40. The molecule has 0 unspecified atom stereocenters. The second-order valence-electron chi connectivity index (χ2n) is 4.81. The fourth-order valence-corrected chi connectivity index (χ4v) is 3.54. The summed E-state index contributed by atoms with van der Waals surface area (Å²) in [6.07, 6.45) is -6.96. The van der Waals surface area contributed by atoms with E-state index in [-0.39, 0.29) is 24.4 Å². The van der Waals surface area contributed by atoms with Crippen molar-refractivity contribution in [2.75, 3.05) is 13.1 Å². The number of benzene rings is 1. The maximum absolute atomic E-state index is 12.3. The molecule has 1 heterocycles. The van der Waals surface area contributed by atoms with Crippen molar-refractivity contribution in [2.24, 2.45) is 0 Å². The van der Waals surface area contributed by atoms with Crippen molar-refractivity contribution in [1.29, 1.82) is 0 Å². The quantitative estimate of drug-likeness (QED) is 0.845. The van der Waals surface area contributed by atoms with Crippen LogP contribution < -0.4 is 4.74 Å². The van der Waals surface area contributed by atoms with Gasteiger partial charge in [0, 0.05) is 13.1 Å². The zero-order valence-electron chi connectivity index (χ0n) is 11.2. The third kappa shape index (κ3) is 3.88. The monoisotopic (exact) mass is 341 g/mol. The largest absolute Gasteiger partial charge is 0.573 e. The Balaban J connectivity index is 2.16. The first-order valence-corrected chi connectivity index (χ1v) is 7.76. The number of β-amino-alcohol motifs (C(OH)–C–C–N with tert-alkyl or cyclic N) is 1. The minimum atomic E-state index is -4.85. The molecule has 0 aliphatic carbocycles. The van der Waals surface area contributed by atoms with Crippen LogP contribution in [0.3, 0.4) is 0 Å². The van der Waals surface area contributed by atoms with E-state index in [0.29, 0.717) is 0 Å². The van der Waals surface area contributed by atoms with Gasteiger partial charge in [-0.1, -0.05) is 0 Å². The molecular formula is C12H14F3NO5S. The van der Waals surface area contributed by atoms with Crippen LogP contribution in [-0.4, -0.2) is 54.6 Å². The van der Waals surface area contributed by atoms with Gasteiger partial charge in [0.05, 0.1) is 17.1 Å². The Hall–Kier alpha value is -1.36. The van der Waals surface area contributed by atoms with Gasteiger partial charge >= 0.3 is 6.36 Å². The summed E-state index contributed by atoms with van der Waals surface area (Å²) in [5.74, 6) is -0.527. The van der Waals surface area contributed by atoms with Crippen LogP contribution in [0, 0.1) is 0 Å². The molecule has 1 aromatic carbocycles. The van der Waals surface area contributed by atoms with Crippen molar-refractivity contribution in [2.45, 2.75) is 29.9 Å². The molecule has 2 rings (SSSR count). The molecule has 10 heteroatoms. The van der Waals surface area contributed by atoms with Crippen LogP contribution in [-0.2, 0) is 10.0 Å². The van der Waals surface area contributed by atoms with E-state index in [4.69, 9.17) is 0 Å². The van der Waals surface area contributed by atoms with Crippen LogP contribution in [0.2, 0.25) is 0 Å². The molecular weight excluding hydrogens is 327 g/mol. The molecule has 1 aliphatic heterocycles. The van der Waals surface area contributed by atoms with Crippen LogP contribution >= 0.6 is 0 Å². The molecule has 6 nitrogen and oxygen atoms in total. The number of aliphatic hydroxyl groups excluding tert-OH is 2.